The van der Waals surface area contributed by atoms with Crippen LogP contribution >= 0.6 is 12.1 Å². The molecule has 1 aromatic heterocycles. The normalized spacial score (nSPS) is 10.4. The van der Waals surface area contributed by atoms with Crippen LogP contribution in [0.4, 0.5) is 33.2 Å². The maximum absolute atomic E-state index is 14.4. The van der Waals surface area contributed by atoms with E-state index in [0.29, 0.717) is 28.6 Å². The molecule has 1 heterocycles. The molecular weight excluding hydrogens is 423 g/mol. The Kier molecular flexibility index (Phi) is 7.21. The highest BCUT2D eigenvalue weighted by Crippen LogP contribution is 2.40. The lowest BCUT2D eigenvalue weighted by molar-refractivity contribution is 0.324. The number of aromatic nitrogens is 2. The first-order chi connectivity index (χ1) is 15.0. The SMILES string of the molecule is COc1cc(Nc2ncc(F)c(Nc3cccc(C)c3NSN)n2)cc(OC)c1OC. The van der Waals surface area contributed by atoms with Crippen LogP contribution in [-0.2, 0) is 0 Å². The van der Waals surface area contributed by atoms with Crippen molar-refractivity contribution >= 4 is 41.0 Å². The van der Waals surface area contributed by atoms with Gasteiger partial charge in [-0.3, -0.25) is 5.14 Å². The van der Waals surface area contributed by atoms with Gasteiger partial charge < -0.3 is 29.6 Å². The van der Waals surface area contributed by atoms with Gasteiger partial charge in [-0.05, 0) is 18.6 Å². The first kappa shape index (κ1) is 22.2. The van der Waals surface area contributed by atoms with Crippen molar-refractivity contribution in [2.75, 3.05) is 36.7 Å². The number of ether oxygens (including phenoxy) is 3. The molecule has 3 aromatic rings. The van der Waals surface area contributed by atoms with E-state index in [4.69, 9.17) is 19.3 Å². The van der Waals surface area contributed by atoms with E-state index in [-0.39, 0.29) is 11.8 Å². The molecule has 0 unspecified atom stereocenters. The molecule has 0 saturated carbocycles. The van der Waals surface area contributed by atoms with Gasteiger partial charge in [-0.2, -0.15) is 4.98 Å². The molecule has 9 nitrogen and oxygen atoms in total. The van der Waals surface area contributed by atoms with E-state index in [0.717, 1.165) is 29.6 Å². The zero-order valence-electron chi connectivity index (χ0n) is 17.4. The third-order valence-corrected chi connectivity index (χ3v) is 4.67. The highest BCUT2D eigenvalue weighted by Gasteiger charge is 2.15. The number of benzene rings is 2. The van der Waals surface area contributed by atoms with Crippen molar-refractivity contribution < 1.29 is 18.6 Å². The van der Waals surface area contributed by atoms with Crippen LogP contribution in [0.3, 0.4) is 0 Å². The monoisotopic (exact) mass is 446 g/mol. The van der Waals surface area contributed by atoms with Gasteiger partial charge in [0.15, 0.2) is 23.1 Å². The Morgan fingerprint density at radius 2 is 1.74 bits per heavy atom. The second-order valence-electron chi connectivity index (χ2n) is 6.27. The lowest BCUT2D eigenvalue weighted by atomic mass is 10.2. The van der Waals surface area contributed by atoms with Gasteiger partial charge in [0, 0.05) is 30.0 Å². The van der Waals surface area contributed by atoms with Gasteiger partial charge in [0.05, 0.1) is 38.9 Å². The molecule has 5 N–H and O–H groups in total. The minimum atomic E-state index is -0.608. The summed E-state index contributed by atoms with van der Waals surface area (Å²) in [4.78, 5) is 8.28. The molecule has 0 atom stereocenters. The molecule has 0 fully saturated rings. The number of methoxy groups -OCH3 is 3. The molecule has 0 bridgehead atoms. The molecule has 11 heteroatoms. The Bertz CT molecular complexity index is 1040. The van der Waals surface area contributed by atoms with Crippen LogP contribution in [0.1, 0.15) is 5.56 Å². The number of hydrogen-bond acceptors (Lipinski definition) is 10. The second kappa shape index (κ2) is 10.0. The van der Waals surface area contributed by atoms with E-state index in [1.54, 1.807) is 18.2 Å². The predicted octanol–water partition coefficient (Wildman–Crippen LogP) is 4.37. The minimum Gasteiger partial charge on any atom is -0.493 e. The van der Waals surface area contributed by atoms with Gasteiger partial charge in [-0.1, -0.05) is 12.1 Å². The van der Waals surface area contributed by atoms with Crippen molar-refractivity contribution in [3.8, 4) is 17.2 Å². The van der Waals surface area contributed by atoms with Crippen molar-refractivity contribution in [3.63, 3.8) is 0 Å². The number of nitrogens with one attached hydrogen (secondary N) is 3. The Morgan fingerprint density at radius 1 is 1.03 bits per heavy atom. The fraction of sp³-hybridized carbons (Fsp3) is 0.200. The summed E-state index contributed by atoms with van der Waals surface area (Å²) in [6.07, 6.45) is 1.08. The van der Waals surface area contributed by atoms with Crippen LogP contribution in [0.5, 0.6) is 17.2 Å². The van der Waals surface area contributed by atoms with Gasteiger partial charge in [0.1, 0.15) is 0 Å². The summed E-state index contributed by atoms with van der Waals surface area (Å²) in [6, 6.07) is 8.94. The molecule has 0 radical (unpaired) electrons. The highest BCUT2D eigenvalue weighted by atomic mass is 32.2. The Labute approximate surface area is 183 Å². The Hall–Kier alpha value is -3.44. The summed E-state index contributed by atoms with van der Waals surface area (Å²) in [6.45, 7) is 1.91. The minimum absolute atomic E-state index is 0.000568. The zero-order valence-corrected chi connectivity index (χ0v) is 18.3. The van der Waals surface area contributed by atoms with Gasteiger partial charge in [-0.25, -0.2) is 9.37 Å². The molecule has 0 aliphatic rings. The summed E-state index contributed by atoms with van der Waals surface area (Å²) in [5.74, 6) is 0.937. The predicted molar refractivity (Wildman–Crippen MR) is 121 cm³/mol. The van der Waals surface area contributed by atoms with E-state index in [2.05, 4.69) is 25.3 Å². The van der Waals surface area contributed by atoms with Gasteiger partial charge in [0.2, 0.25) is 11.7 Å². The Morgan fingerprint density at radius 3 is 2.35 bits per heavy atom. The molecule has 0 spiro atoms. The summed E-state index contributed by atoms with van der Waals surface area (Å²) < 4.78 is 33.4. The fourth-order valence-corrected chi connectivity index (χ4v) is 3.28. The molecular formula is C20H23FN6O3S. The fourth-order valence-electron chi connectivity index (χ4n) is 2.89. The quantitative estimate of drug-likeness (QED) is 0.353. The molecule has 2 aromatic carbocycles. The first-order valence-electron chi connectivity index (χ1n) is 9.08. The third-order valence-electron chi connectivity index (χ3n) is 4.35. The van der Waals surface area contributed by atoms with Crippen molar-refractivity contribution in [1.29, 1.82) is 0 Å². The van der Waals surface area contributed by atoms with E-state index in [1.807, 2.05) is 19.1 Å². The topological polar surface area (TPSA) is 116 Å². The molecule has 0 aliphatic carbocycles. The number of aryl methyl sites for hydroxylation is 1. The molecule has 3 rings (SSSR count). The molecule has 164 valence electrons. The average Bonchev–Trinajstić information content (AvgIpc) is 2.77. The van der Waals surface area contributed by atoms with E-state index in [1.165, 1.54) is 21.3 Å². The Balaban J connectivity index is 1.92. The van der Waals surface area contributed by atoms with E-state index in [9.17, 15) is 4.39 Å². The van der Waals surface area contributed by atoms with E-state index >= 15 is 0 Å². The first-order valence-corrected chi connectivity index (χ1v) is 9.96. The van der Waals surface area contributed by atoms with Crippen molar-refractivity contribution in [1.82, 2.24) is 9.97 Å². The van der Waals surface area contributed by atoms with Crippen LogP contribution < -0.4 is 34.7 Å². The van der Waals surface area contributed by atoms with Gasteiger partial charge in [-0.15, -0.1) is 0 Å². The molecule has 0 aliphatic heterocycles. The zero-order chi connectivity index (χ0) is 22.4. The van der Waals surface area contributed by atoms with Crippen molar-refractivity contribution in [2.24, 2.45) is 5.14 Å². The number of hydrogen-bond donors (Lipinski definition) is 4. The number of rotatable bonds is 9. The number of para-hydroxylation sites is 1. The summed E-state index contributed by atoms with van der Waals surface area (Å²) >= 11 is 0.950. The summed E-state index contributed by atoms with van der Waals surface area (Å²) in [5.41, 5.74) is 2.86. The number of anilines is 5. The van der Waals surface area contributed by atoms with Crippen LogP contribution in [0.25, 0.3) is 0 Å². The smallest absolute Gasteiger partial charge is 0.229 e. The lowest BCUT2D eigenvalue weighted by Crippen LogP contribution is -2.06. The third kappa shape index (κ3) is 5.01. The van der Waals surface area contributed by atoms with Crippen molar-refractivity contribution in [3.05, 3.63) is 47.9 Å². The second-order valence-corrected chi connectivity index (χ2v) is 6.71. The van der Waals surface area contributed by atoms with Crippen molar-refractivity contribution in [2.45, 2.75) is 6.92 Å². The maximum Gasteiger partial charge on any atom is 0.229 e. The van der Waals surface area contributed by atoms with E-state index < -0.39 is 5.82 Å². The molecule has 0 saturated heterocycles. The number of nitrogens with two attached hydrogens (primary N) is 1. The standard InChI is InChI=1S/C20H23FN6O3S/c1-11-6-5-7-14(17(11)27-31-22)25-19-13(21)10-23-20(26-19)24-12-8-15(28-2)18(30-4)16(9-12)29-3/h5-10,27H,22H2,1-4H3,(H2,23,24,25,26). The van der Waals surface area contributed by atoms with Gasteiger partial charge in [0.25, 0.3) is 0 Å². The van der Waals surface area contributed by atoms with Crippen LogP contribution in [0.15, 0.2) is 36.5 Å². The average molecular weight is 447 g/mol. The summed E-state index contributed by atoms with van der Waals surface area (Å²) in [7, 11) is 4.56. The lowest BCUT2D eigenvalue weighted by Gasteiger charge is -2.16. The number of nitrogens with zero attached hydrogens (tertiary/aromatic N) is 2. The molecule has 0 amide bonds. The van der Waals surface area contributed by atoms with Crippen LogP contribution in [0, 0.1) is 12.7 Å². The van der Waals surface area contributed by atoms with Crippen LogP contribution in [-0.4, -0.2) is 31.3 Å². The van der Waals surface area contributed by atoms with Crippen LogP contribution in [0.2, 0.25) is 0 Å². The van der Waals surface area contributed by atoms with Gasteiger partial charge >= 0.3 is 0 Å². The maximum atomic E-state index is 14.4. The highest BCUT2D eigenvalue weighted by molar-refractivity contribution is 7.98. The number of halogens is 1. The largest absolute Gasteiger partial charge is 0.493 e. The molecule has 31 heavy (non-hydrogen) atoms. The summed E-state index contributed by atoms with van der Waals surface area (Å²) in [5, 5.41) is 11.6.